The molecule has 0 saturated carbocycles. The molecule has 0 aromatic heterocycles. The second-order valence-corrected chi connectivity index (χ2v) is 6.67. The Labute approximate surface area is 151 Å². The molecule has 1 atom stereocenters. The van der Waals surface area contributed by atoms with Crippen molar-refractivity contribution in [2.45, 2.75) is 6.42 Å². The Kier molecular flexibility index (Phi) is 4.95. The third-order valence-electron chi connectivity index (χ3n) is 4.11. The first-order valence-corrected chi connectivity index (χ1v) is 8.35. The lowest BCUT2D eigenvalue weighted by Crippen LogP contribution is -2.32. The van der Waals surface area contributed by atoms with Gasteiger partial charge >= 0.3 is 0 Å². The first kappa shape index (κ1) is 17.3. The minimum Gasteiger partial charge on any atom is -0.492 e. The van der Waals surface area contributed by atoms with E-state index in [9.17, 15) is 9.59 Å². The molecule has 2 aromatic carbocycles. The number of ether oxygens (including phenoxy) is 1. The molecule has 0 aliphatic carbocycles. The van der Waals surface area contributed by atoms with E-state index < -0.39 is 0 Å². The lowest BCUT2D eigenvalue weighted by atomic mass is 9.96. The van der Waals surface area contributed by atoms with Crippen molar-refractivity contribution in [2.75, 3.05) is 26.0 Å². The highest BCUT2D eigenvalue weighted by molar-refractivity contribution is 6.30. The van der Waals surface area contributed by atoms with Crippen molar-refractivity contribution >= 4 is 29.1 Å². The number of nitrogens with one attached hydrogen (secondary N) is 1. The molecule has 6 heteroatoms. The summed E-state index contributed by atoms with van der Waals surface area (Å²) in [5.74, 6) is 0.304. The van der Waals surface area contributed by atoms with E-state index in [0.717, 1.165) is 11.3 Å². The van der Waals surface area contributed by atoms with Gasteiger partial charge in [-0.1, -0.05) is 11.6 Å². The van der Waals surface area contributed by atoms with Crippen LogP contribution in [0.15, 0.2) is 42.5 Å². The minimum atomic E-state index is -0.283. The first-order chi connectivity index (χ1) is 11.9. The molecule has 0 unspecified atom stereocenters. The normalized spacial score (nSPS) is 15.7. The number of nitrogens with zero attached hydrogens (tertiary/aromatic N) is 1. The van der Waals surface area contributed by atoms with Gasteiger partial charge in [0.2, 0.25) is 5.91 Å². The van der Waals surface area contributed by atoms with Crippen molar-refractivity contribution < 1.29 is 14.3 Å². The summed E-state index contributed by atoms with van der Waals surface area (Å²) >= 11 is 6.01. The third kappa shape index (κ3) is 3.94. The number of hydrogen-bond donors (Lipinski definition) is 1. The van der Waals surface area contributed by atoms with Crippen LogP contribution in [0.1, 0.15) is 15.9 Å². The summed E-state index contributed by atoms with van der Waals surface area (Å²) in [4.78, 5) is 25.9. The van der Waals surface area contributed by atoms with E-state index in [1.807, 2.05) is 12.1 Å². The summed E-state index contributed by atoms with van der Waals surface area (Å²) < 4.78 is 5.66. The highest BCUT2D eigenvalue weighted by Gasteiger charge is 2.26. The van der Waals surface area contributed by atoms with Gasteiger partial charge in [-0.3, -0.25) is 9.59 Å². The molecule has 1 heterocycles. The minimum absolute atomic E-state index is 0.0768. The van der Waals surface area contributed by atoms with Crippen LogP contribution in [0.2, 0.25) is 5.02 Å². The van der Waals surface area contributed by atoms with Gasteiger partial charge in [0.25, 0.3) is 5.91 Å². The van der Waals surface area contributed by atoms with Crippen molar-refractivity contribution in [1.29, 1.82) is 0 Å². The Hall–Kier alpha value is -2.53. The zero-order valence-corrected chi connectivity index (χ0v) is 14.8. The zero-order valence-electron chi connectivity index (χ0n) is 14.1. The lowest BCUT2D eigenvalue weighted by molar-refractivity contribution is -0.121. The number of rotatable bonds is 3. The fraction of sp³-hybridized carbons (Fsp3) is 0.263. The number of anilines is 1. The number of hydrogen-bond acceptors (Lipinski definition) is 3. The average molecular weight is 359 g/mol. The summed E-state index contributed by atoms with van der Waals surface area (Å²) in [6, 6.07) is 12.3. The van der Waals surface area contributed by atoms with E-state index >= 15 is 0 Å². The molecular weight excluding hydrogens is 340 g/mol. The van der Waals surface area contributed by atoms with Gasteiger partial charge < -0.3 is 15.0 Å². The largest absolute Gasteiger partial charge is 0.492 e. The first-order valence-electron chi connectivity index (χ1n) is 7.98. The zero-order chi connectivity index (χ0) is 18.0. The predicted octanol–water partition coefficient (Wildman–Crippen LogP) is 3.23. The van der Waals surface area contributed by atoms with Gasteiger partial charge in [0.05, 0.1) is 5.92 Å². The smallest absolute Gasteiger partial charge is 0.253 e. The van der Waals surface area contributed by atoms with Crippen LogP contribution < -0.4 is 10.1 Å². The highest BCUT2D eigenvalue weighted by atomic mass is 35.5. The van der Waals surface area contributed by atoms with Gasteiger partial charge in [-0.15, -0.1) is 0 Å². The fourth-order valence-electron chi connectivity index (χ4n) is 2.73. The molecule has 0 fully saturated rings. The van der Waals surface area contributed by atoms with Crippen LogP contribution in [-0.2, 0) is 11.2 Å². The highest BCUT2D eigenvalue weighted by Crippen LogP contribution is 2.30. The summed E-state index contributed by atoms with van der Waals surface area (Å²) in [6.07, 6.45) is 0.582. The van der Waals surface area contributed by atoms with E-state index in [0.29, 0.717) is 29.3 Å². The van der Waals surface area contributed by atoms with E-state index in [2.05, 4.69) is 5.32 Å². The monoisotopic (exact) mass is 358 g/mol. The number of halogens is 1. The van der Waals surface area contributed by atoms with Gasteiger partial charge in [0.15, 0.2) is 0 Å². The van der Waals surface area contributed by atoms with Gasteiger partial charge in [0, 0.05) is 30.4 Å². The van der Waals surface area contributed by atoms with E-state index in [-0.39, 0.29) is 17.7 Å². The molecule has 1 aliphatic rings. The van der Waals surface area contributed by atoms with Crippen LogP contribution in [0, 0.1) is 5.92 Å². The molecule has 1 aliphatic heterocycles. The maximum Gasteiger partial charge on any atom is 0.253 e. The van der Waals surface area contributed by atoms with Gasteiger partial charge in [-0.2, -0.15) is 0 Å². The summed E-state index contributed by atoms with van der Waals surface area (Å²) in [6.45, 7) is 0.331. The summed E-state index contributed by atoms with van der Waals surface area (Å²) in [5.41, 5.74) is 2.16. The van der Waals surface area contributed by atoms with E-state index in [1.54, 1.807) is 44.4 Å². The Balaban J connectivity index is 1.66. The van der Waals surface area contributed by atoms with Crippen LogP contribution >= 0.6 is 11.6 Å². The average Bonchev–Trinajstić information content (AvgIpc) is 2.61. The number of amides is 2. The molecule has 0 saturated heterocycles. The lowest BCUT2D eigenvalue weighted by Gasteiger charge is -2.24. The Morgan fingerprint density at radius 1 is 1.16 bits per heavy atom. The molecule has 0 bridgehead atoms. The van der Waals surface area contributed by atoms with E-state index in [1.165, 1.54) is 4.90 Å². The van der Waals surface area contributed by atoms with Crippen LogP contribution in [0.5, 0.6) is 5.75 Å². The molecule has 3 rings (SSSR count). The number of fused-ring (bicyclic) bond motifs is 1. The maximum absolute atomic E-state index is 12.5. The molecule has 0 radical (unpaired) electrons. The van der Waals surface area contributed by atoms with E-state index in [4.69, 9.17) is 16.3 Å². The molecule has 1 N–H and O–H groups in total. The van der Waals surface area contributed by atoms with Gasteiger partial charge in [0.1, 0.15) is 12.4 Å². The van der Waals surface area contributed by atoms with Crippen molar-refractivity contribution in [3.63, 3.8) is 0 Å². The summed E-state index contributed by atoms with van der Waals surface area (Å²) in [5, 5.41) is 3.50. The second-order valence-electron chi connectivity index (χ2n) is 6.23. The standard InChI is InChI=1S/C19H19ClN2O3/c1-22(2)19(24)12-3-6-16(7-4-12)21-18(23)14-9-13-10-15(20)5-8-17(13)25-11-14/h3-8,10,14H,9,11H2,1-2H3,(H,21,23)/t14-/m1/s1. The van der Waals surface area contributed by atoms with Crippen molar-refractivity contribution in [1.82, 2.24) is 4.90 Å². The molecule has 2 amide bonds. The van der Waals surface area contributed by atoms with Crippen LogP contribution in [0.25, 0.3) is 0 Å². The van der Waals surface area contributed by atoms with Gasteiger partial charge in [-0.25, -0.2) is 0 Å². The van der Waals surface area contributed by atoms with Crippen molar-refractivity contribution in [3.8, 4) is 5.75 Å². The van der Waals surface area contributed by atoms with Gasteiger partial charge in [-0.05, 0) is 54.4 Å². The number of carbonyl (C=O) groups is 2. The van der Waals surface area contributed by atoms with Crippen molar-refractivity contribution in [2.24, 2.45) is 5.92 Å². The topological polar surface area (TPSA) is 58.6 Å². The number of carbonyl (C=O) groups excluding carboxylic acids is 2. The third-order valence-corrected chi connectivity index (χ3v) is 4.34. The molecule has 0 spiro atoms. The van der Waals surface area contributed by atoms with Crippen molar-refractivity contribution in [3.05, 3.63) is 58.6 Å². The quantitative estimate of drug-likeness (QED) is 0.916. The van der Waals surface area contributed by atoms with Crippen LogP contribution in [-0.4, -0.2) is 37.4 Å². The second kappa shape index (κ2) is 7.15. The molecule has 25 heavy (non-hydrogen) atoms. The predicted molar refractivity (Wildman–Crippen MR) is 97.2 cm³/mol. The molecule has 2 aromatic rings. The molecular formula is C19H19ClN2O3. The van der Waals surface area contributed by atoms with Crippen LogP contribution in [0.4, 0.5) is 5.69 Å². The number of benzene rings is 2. The Morgan fingerprint density at radius 2 is 1.88 bits per heavy atom. The van der Waals surface area contributed by atoms with Crippen LogP contribution in [0.3, 0.4) is 0 Å². The Morgan fingerprint density at radius 3 is 2.56 bits per heavy atom. The Bertz CT molecular complexity index is 803. The molecule has 5 nitrogen and oxygen atoms in total. The molecule has 130 valence electrons. The SMILES string of the molecule is CN(C)C(=O)c1ccc(NC(=O)[C@H]2COc3ccc(Cl)cc3C2)cc1. The summed E-state index contributed by atoms with van der Waals surface area (Å²) in [7, 11) is 3.40. The fourth-order valence-corrected chi connectivity index (χ4v) is 2.92. The maximum atomic E-state index is 12.5.